The predicted molar refractivity (Wildman–Crippen MR) is 70.9 cm³/mol. The van der Waals surface area contributed by atoms with E-state index < -0.39 is 18.3 Å². The van der Waals surface area contributed by atoms with Gasteiger partial charge in [-0.15, -0.1) is 5.46 Å². The first-order valence-electron chi connectivity index (χ1n) is 5.73. The summed E-state index contributed by atoms with van der Waals surface area (Å²) in [7, 11) is 0. The van der Waals surface area contributed by atoms with Gasteiger partial charge in [-0.2, -0.15) is 0 Å². The van der Waals surface area contributed by atoms with Gasteiger partial charge in [0.15, 0.2) is 0 Å². The maximum absolute atomic E-state index is 13.6. The molecule has 0 saturated heterocycles. The molecule has 7 heteroatoms. The lowest BCUT2D eigenvalue weighted by molar-refractivity contribution is 0.300. The van der Waals surface area contributed by atoms with Gasteiger partial charge in [-0.05, 0) is 18.2 Å². The van der Waals surface area contributed by atoms with Crippen LogP contribution >= 0.6 is 11.6 Å². The first-order valence-corrected chi connectivity index (χ1v) is 6.11. The smallest absolute Gasteiger partial charge is 0.489 e. The second-order valence-corrected chi connectivity index (χ2v) is 4.56. The van der Waals surface area contributed by atoms with Gasteiger partial charge >= 0.3 is 6.98 Å². The van der Waals surface area contributed by atoms with E-state index in [-0.39, 0.29) is 22.9 Å². The van der Waals surface area contributed by atoms with Crippen LogP contribution in [0.5, 0.6) is 5.75 Å². The van der Waals surface area contributed by atoms with Crippen LogP contribution < -0.4 is 10.2 Å². The molecule has 20 heavy (non-hydrogen) atoms. The van der Waals surface area contributed by atoms with Gasteiger partial charge in [-0.25, -0.2) is 4.39 Å². The zero-order valence-electron chi connectivity index (χ0n) is 10.1. The van der Waals surface area contributed by atoms with Crippen LogP contribution in [0.1, 0.15) is 5.56 Å². The van der Waals surface area contributed by atoms with E-state index in [1.165, 1.54) is 24.3 Å². The van der Waals surface area contributed by atoms with Crippen LogP contribution in [-0.2, 0) is 6.61 Å². The fraction of sp³-hybridized carbons (Fsp3) is 0.0769. The van der Waals surface area contributed by atoms with E-state index in [1.54, 1.807) is 6.07 Å². The first kappa shape index (κ1) is 14.7. The highest BCUT2D eigenvalue weighted by molar-refractivity contribution is 6.73. The second kappa shape index (κ2) is 5.75. The number of halogens is 5. The van der Waals surface area contributed by atoms with Gasteiger partial charge in [-0.3, -0.25) is 0 Å². The third kappa shape index (κ3) is 3.45. The van der Waals surface area contributed by atoms with Crippen LogP contribution in [0.15, 0.2) is 42.5 Å². The molecule has 0 radical (unpaired) electrons. The van der Waals surface area contributed by atoms with Crippen LogP contribution in [-0.4, -0.2) is 6.98 Å². The van der Waals surface area contributed by atoms with Crippen LogP contribution in [0.4, 0.5) is 17.3 Å². The molecule has 0 N–H and O–H groups in total. The van der Waals surface area contributed by atoms with Crippen molar-refractivity contribution in [3.8, 4) is 5.75 Å². The Kier molecular flexibility index (Phi) is 4.23. The van der Waals surface area contributed by atoms with Crippen molar-refractivity contribution in [1.82, 2.24) is 0 Å². The van der Waals surface area contributed by atoms with E-state index in [9.17, 15) is 17.3 Å². The average Bonchev–Trinajstić information content (AvgIpc) is 2.40. The zero-order valence-corrected chi connectivity index (χ0v) is 10.9. The van der Waals surface area contributed by atoms with E-state index in [0.717, 1.165) is 12.1 Å². The third-order valence-electron chi connectivity index (χ3n) is 2.66. The lowest BCUT2D eigenvalue weighted by atomic mass is 9.80. The molecule has 0 aliphatic rings. The van der Waals surface area contributed by atoms with Gasteiger partial charge < -0.3 is 17.7 Å². The molecule has 0 saturated carbocycles. The Bertz CT molecular complexity index is 616. The topological polar surface area (TPSA) is 9.23 Å². The van der Waals surface area contributed by atoms with Crippen molar-refractivity contribution < 1.29 is 22.1 Å². The number of rotatable bonds is 4. The van der Waals surface area contributed by atoms with Crippen molar-refractivity contribution >= 4 is 24.0 Å². The Morgan fingerprint density at radius 3 is 2.45 bits per heavy atom. The van der Waals surface area contributed by atoms with Crippen molar-refractivity contribution in [1.29, 1.82) is 0 Å². The van der Waals surface area contributed by atoms with E-state index in [2.05, 4.69) is 0 Å². The summed E-state index contributed by atoms with van der Waals surface area (Å²) < 4.78 is 56.5. The summed E-state index contributed by atoms with van der Waals surface area (Å²) in [6, 6.07) is 8.86. The number of benzene rings is 2. The normalized spacial score (nSPS) is 11.4. The zero-order chi connectivity index (χ0) is 14.8. The molecule has 2 rings (SSSR count). The fourth-order valence-electron chi connectivity index (χ4n) is 1.63. The molecule has 0 aromatic heterocycles. The number of hydrogen-bond donors (Lipinski definition) is 0. The standard InChI is InChI=1S/C13H9BClF4O/c15-12-6-1-3-9(13(12)16)8-20-11-5-2-4-10(7-11)14(17,18)19/h1-7H,8H2/q-1. The summed E-state index contributed by atoms with van der Waals surface area (Å²) in [5.41, 5.74) is -0.575. The highest BCUT2D eigenvalue weighted by atomic mass is 35.5. The summed E-state index contributed by atoms with van der Waals surface area (Å²) >= 11 is 5.60. The number of ether oxygens (including phenoxy) is 1. The van der Waals surface area contributed by atoms with Gasteiger partial charge in [0.05, 0.1) is 5.02 Å². The minimum atomic E-state index is -5.08. The van der Waals surface area contributed by atoms with Crippen molar-refractivity contribution in [2.45, 2.75) is 6.61 Å². The minimum Gasteiger partial charge on any atom is -0.489 e. The average molecular weight is 303 g/mol. The summed E-state index contributed by atoms with van der Waals surface area (Å²) in [6.07, 6.45) is 0. The first-order chi connectivity index (χ1) is 9.38. The van der Waals surface area contributed by atoms with Gasteiger partial charge in [-0.1, -0.05) is 35.9 Å². The predicted octanol–water partition coefficient (Wildman–Crippen LogP) is 4.11. The molecule has 0 fully saturated rings. The molecule has 1 nitrogen and oxygen atoms in total. The molecule has 0 atom stereocenters. The Balaban J connectivity index is 2.13. The molecule has 0 heterocycles. The lowest BCUT2D eigenvalue weighted by Crippen LogP contribution is -2.33. The molecule has 0 bridgehead atoms. The molecule has 106 valence electrons. The maximum atomic E-state index is 13.6. The molecule has 0 amide bonds. The SMILES string of the molecule is Fc1c(Cl)cccc1COc1cccc([B-](F)(F)F)c1. The highest BCUT2D eigenvalue weighted by Crippen LogP contribution is 2.20. The molecular formula is C13H9BClF4O-. The maximum Gasteiger partial charge on any atom is 0.509 e. The van der Waals surface area contributed by atoms with Crippen molar-refractivity contribution in [2.24, 2.45) is 0 Å². The highest BCUT2D eigenvalue weighted by Gasteiger charge is 2.25. The lowest BCUT2D eigenvalue weighted by Gasteiger charge is -2.16. The Morgan fingerprint density at radius 2 is 1.75 bits per heavy atom. The molecule has 0 spiro atoms. The van der Waals surface area contributed by atoms with Crippen molar-refractivity contribution in [3.05, 3.63) is 58.9 Å². The van der Waals surface area contributed by atoms with E-state index in [1.807, 2.05) is 0 Å². The summed E-state index contributed by atoms with van der Waals surface area (Å²) in [5.74, 6) is -0.605. The van der Waals surface area contributed by atoms with Crippen molar-refractivity contribution in [2.75, 3.05) is 0 Å². The van der Waals surface area contributed by atoms with Gasteiger partial charge in [0.1, 0.15) is 18.2 Å². The van der Waals surface area contributed by atoms with Gasteiger partial charge in [0, 0.05) is 5.56 Å². The minimum absolute atomic E-state index is 0.0288. The Hall–Kier alpha value is -1.69. The van der Waals surface area contributed by atoms with Crippen LogP contribution in [0.25, 0.3) is 0 Å². The molecule has 0 unspecified atom stereocenters. The Morgan fingerprint density at radius 1 is 1.05 bits per heavy atom. The largest absolute Gasteiger partial charge is 0.509 e. The monoisotopic (exact) mass is 303 g/mol. The molecular weight excluding hydrogens is 294 g/mol. The summed E-state index contributed by atoms with van der Waals surface area (Å²) in [4.78, 5) is 0. The summed E-state index contributed by atoms with van der Waals surface area (Å²) in [5, 5.41) is -0.0570. The molecule has 0 aliphatic heterocycles. The van der Waals surface area contributed by atoms with Gasteiger partial charge in [0.25, 0.3) is 0 Å². The van der Waals surface area contributed by atoms with Gasteiger partial charge in [0.2, 0.25) is 0 Å². The van der Waals surface area contributed by atoms with E-state index in [0.29, 0.717) is 0 Å². The van der Waals surface area contributed by atoms with E-state index >= 15 is 0 Å². The van der Waals surface area contributed by atoms with Crippen LogP contribution in [0.2, 0.25) is 5.02 Å². The number of hydrogen-bond acceptors (Lipinski definition) is 1. The van der Waals surface area contributed by atoms with Crippen molar-refractivity contribution in [3.63, 3.8) is 0 Å². The third-order valence-corrected chi connectivity index (χ3v) is 2.95. The second-order valence-electron chi connectivity index (χ2n) is 4.15. The van der Waals surface area contributed by atoms with E-state index in [4.69, 9.17) is 16.3 Å². The van der Waals surface area contributed by atoms with Crippen LogP contribution in [0.3, 0.4) is 0 Å². The quantitative estimate of drug-likeness (QED) is 0.610. The molecule has 2 aromatic carbocycles. The molecule has 0 aliphatic carbocycles. The fourth-order valence-corrected chi connectivity index (χ4v) is 1.82. The van der Waals surface area contributed by atoms with Crippen LogP contribution in [0, 0.1) is 5.82 Å². The Labute approximate surface area is 118 Å². The molecule has 2 aromatic rings. The summed E-state index contributed by atoms with van der Waals surface area (Å²) in [6.45, 7) is -5.28.